The van der Waals surface area contributed by atoms with Gasteiger partial charge in [-0.2, -0.15) is 8.42 Å². The van der Waals surface area contributed by atoms with Crippen molar-refractivity contribution in [2.45, 2.75) is 43.9 Å². The normalized spacial score (nSPS) is 11.0. The molecule has 0 fully saturated rings. The van der Waals surface area contributed by atoms with E-state index in [9.17, 15) is 13.5 Å². The third kappa shape index (κ3) is 6.99. The van der Waals surface area contributed by atoms with Crippen molar-refractivity contribution in [3.63, 3.8) is 0 Å². The molecule has 25 heavy (non-hydrogen) atoms. The van der Waals surface area contributed by atoms with Gasteiger partial charge in [0.05, 0.1) is 4.90 Å². The molecule has 0 saturated carbocycles. The summed E-state index contributed by atoms with van der Waals surface area (Å²) in [7, 11) is -4.51. The molecule has 0 aliphatic heterocycles. The maximum Gasteiger partial charge on any atom is 1.00 e. The van der Waals surface area contributed by atoms with E-state index in [1.54, 1.807) is 0 Å². The molecule has 0 aliphatic carbocycles. The van der Waals surface area contributed by atoms with E-state index >= 15 is 0 Å². The van der Waals surface area contributed by atoms with Gasteiger partial charge < -0.3 is 9.84 Å². The van der Waals surface area contributed by atoms with Gasteiger partial charge in [-0.25, -0.2) is 0 Å². The van der Waals surface area contributed by atoms with Gasteiger partial charge in [-0.15, -0.1) is 0 Å². The van der Waals surface area contributed by atoms with Crippen LogP contribution < -0.4 is 39.4 Å². The predicted octanol–water partition coefficient (Wildman–Crippen LogP) is 0.926. The van der Waals surface area contributed by atoms with Crippen molar-refractivity contribution in [2.75, 3.05) is 0 Å². The van der Waals surface area contributed by atoms with E-state index < -0.39 is 20.8 Å². The van der Waals surface area contributed by atoms with E-state index in [1.807, 2.05) is 24.3 Å². The van der Waals surface area contributed by atoms with Gasteiger partial charge in [0.1, 0.15) is 11.5 Å². The number of hydrogen-bond donors (Lipinski definition) is 1. The molecule has 2 aromatic rings. The first-order chi connectivity index (χ1) is 11.4. The van der Waals surface area contributed by atoms with E-state index in [0.717, 1.165) is 25.0 Å². The molecule has 0 aromatic heterocycles. The summed E-state index contributed by atoms with van der Waals surface area (Å²) in [6.07, 6.45) is 5.86. The molecule has 0 spiro atoms. The van der Waals surface area contributed by atoms with Crippen LogP contribution in [0.15, 0.2) is 47.4 Å². The maximum absolute atomic E-state index is 11.7. The summed E-state index contributed by atoms with van der Waals surface area (Å²) in [5, 5.41) is 11.7. The first kappa shape index (κ1) is 22.0. The Morgan fingerprint density at radius 3 is 2.20 bits per heavy atom. The van der Waals surface area contributed by atoms with Gasteiger partial charge in [0.15, 0.2) is 0 Å². The SMILES string of the molecule is CCCCCCc1ccc(Oc2ccc(S(=O)(=O)O)c([O-])c2)cc1.[Na+]. The summed E-state index contributed by atoms with van der Waals surface area (Å²) in [5.41, 5.74) is 1.23. The van der Waals surface area contributed by atoms with Crippen molar-refractivity contribution in [3.05, 3.63) is 48.0 Å². The number of hydrogen-bond acceptors (Lipinski definition) is 4. The summed E-state index contributed by atoms with van der Waals surface area (Å²) < 4.78 is 36.5. The van der Waals surface area contributed by atoms with Crippen molar-refractivity contribution in [2.24, 2.45) is 0 Å². The van der Waals surface area contributed by atoms with Crippen LogP contribution >= 0.6 is 0 Å². The van der Waals surface area contributed by atoms with E-state index in [-0.39, 0.29) is 35.3 Å². The maximum atomic E-state index is 11.7. The van der Waals surface area contributed by atoms with Crippen molar-refractivity contribution in [3.8, 4) is 17.2 Å². The second-order valence-electron chi connectivity index (χ2n) is 5.64. The molecule has 0 atom stereocenters. The van der Waals surface area contributed by atoms with E-state index in [4.69, 9.17) is 9.29 Å². The third-order valence-corrected chi connectivity index (χ3v) is 4.56. The predicted molar refractivity (Wildman–Crippen MR) is 90.1 cm³/mol. The first-order valence-electron chi connectivity index (χ1n) is 7.95. The van der Waals surface area contributed by atoms with Gasteiger partial charge in [-0.05, 0) is 48.7 Å². The zero-order valence-corrected chi connectivity index (χ0v) is 17.4. The van der Waals surface area contributed by atoms with Gasteiger partial charge in [0, 0.05) is 0 Å². The van der Waals surface area contributed by atoms with Gasteiger partial charge in [-0.1, -0.05) is 44.1 Å². The fourth-order valence-corrected chi connectivity index (χ4v) is 2.93. The van der Waals surface area contributed by atoms with Gasteiger partial charge in [0.2, 0.25) is 0 Å². The van der Waals surface area contributed by atoms with Gasteiger partial charge in [0.25, 0.3) is 10.1 Å². The summed E-state index contributed by atoms with van der Waals surface area (Å²) in [5.74, 6) is -0.0167. The van der Waals surface area contributed by atoms with Gasteiger partial charge >= 0.3 is 29.6 Å². The Balaban J connectivity index is 0.00000312. The summed E-state index contributed by atoms with van der Waals surface area (Å²) in [4.78, 5) is -0.655. The monoisotopic (exact) mass is 372 g/mol. The van der Waals surface area contributed by atoms with E-state index in [2.05, 4.69) is 6.92 Å². The van der Waals surface area contributed by atoms with Crippen LogP contribution in [0.3, 0.4) is 0 Å². The average Bonchev–Trinajstić information content (AvgIpc) is 2.52. The van der Waals surface area contributed by atoms with Crippen molar-refractivity contribution in [1.82, 2.24) is 0 Å². The molecule has 0 saturated heterocycles. The van der Waals surface area contributed by atoms with Crippen LogP contribution in [-0.2, 0) is 16.5 Å². The topological polar surface area (TPSA) is 86.7 Å². The smallest absolute Gasteiger partial charge is 0.871 e. The Morgan fingerprint density at radius 2 is 1.64 bits per heavy atom. The van der Waals surface area contributed by atoms with Crippen LogP contribution in [0.5, 0.6) is 17.2 Å². The van der Waals surface area contributed by atoms with Crippen molar-refractivity contribution in [1.29, 1.82) is 0 Å². The molecule has 0 amide bonds. The largest absolute Gasteiger partial charge is 1.00 e. The standard InChI is InChI=1S/C18H22O5S.Na/c1-2-3-4-5-6-14-7-9-15(10-8-14)23-16-11-12-18(17(19)13-16)24(20,21)22;/h7-13,19H,2-6H2,1H3,(H,20,21,22);/q;+1/p-1. The number of unbranched alkanes of at least 4 members (excludes halogenated alkanes) is 3. The fraction of sp³-hybridized carbons (Fsp3) is 0.333. The summed E-state index contributed by atoms with van der Waals surface area (Å²) in [6.45, 7) is 2.18. The molecule has 0 heterocycles. The van der Waals surface area contributed by atoms with Crippen molar-refractivity contribution < 1.29 is 52.4 Å². The molecule has 1 N–H and O–H groups in total. The minimum Gasteiger partial charge on any atom is -0.871 e. The Bertz CT molecular complexity index is 773. The molecule has 2 rings (SSSR count). The molecule has 0 radical (unpaired) electrons. The molecule has 7 heteroatoms. The summed E-state index contributed by atoms with van der Waals surface area (Å²) >= 11 is 0. The van der Waals surface area contributed by atoms with E-state index in [1.165, 1.54) is 30.9 Å². The number of rotatable bonds is 8. The summed E-state index contributed by atoms with van der Waals surface area (Å²) in [6, 6.07) is 11.0. The molecule has 0 aliphatic rings. The second kappa shape index (κ2) is 10.2. The number of ether oxygens (including phenoxy) is 1. The molecule has 0 bridgehead atoms. The quantitative estimate of drug-likeness (QED) is 0.423. The molecule has 2 aromatic carbocycles. The Labute approximate surface area is 171 Å². The fourth-order valence-electron chi connectivity index (χ4n) is 2.38. The van der Waals surface area contributed by atoms with Gasteiger partial charge in [-0.3, -0.25) is 4.55 Å². The van der Waals surface area contributed by atoms with Crippen LogP contribution in [0.1, 0.15) is 38.2 Å². The average molecular weight is 372 g/mol. The zero-order chi connectivity index (χ0) is 17.6. The Kier molecular flexibility index (Phi) is 8.96. The van der Waals surface area contributed by atoms with Crippen LogP contribution in [0.25, 0.3) is 0 Å². The minimum absolute atomic E-state index is 0. The second-order valence-corrected chi connectivity index (χ2v) is 7.03. The van der Waals surface area contributed by atoms with Crippen LogP contribution in [0.4, 0.5) is 0 Å². The number of benzene rings is 2. The van der Waals surface area contributed by atoms with Crippen LogP contribution in [0.2, 0.25) is 0 Å². The Morgan fingerprint density at radius 1 is 1.00 bits per heavy atom. The van der Waals surface area contributed by atoms with Crippen LogP contribution in [-0.4, -0.2) is 13.0 Å². The Hall–Kier alpha value is -1.05. The zero-order valence-electron chi connectivity index (χ0n) is 14.6. The van der Waals surface area contributed by atoms with Crippen molar-refractivity contribution >= 4 is 10.1 Å². The minimum atomic E-state index is -4.51. The number of aryl methyl sites for hydroxylation is 1. The third-order valence-electron chi connectivity index (χ3n) is 3.67. The molecule has 130 valence electrons. The first-order valence-corrected chi connectivity index (χ1v) is 9.39. The molecular formula is C18H21NaO5S. The molecular weight excluding hydrogens is 351 g/mol. The molecule has 0 unspecified atom stereocenters. The van der Waals surface area contributed by atoms with E-state index in [0.29, 0.717) is 5.75 Å². The molecule has 5 nitrogen and oxygen atoms in total. The van der Waals surface area contributed by atoms with Crippen LogP contribution in [0, 0.1) is 0 Å².